The molecule has 1 unspecified atom stereocenters. The van der Waals surface area contributed by atoms with Gasteiger partial charge in [-0.2, -0.15) is 0 Å². The molecule has 1 atom stereocenters. The van der Waals surface area contributed by atoms with Crippen LogP contribution in [0.15, 0.2) is 72.8 Å². The second kappa shape index (κ2) is 12.7. The molecule has 0 spiro atoms. The smallest absolute Gasteiger partial charge is 0.261 e. The van der Waals surface area contributed by atoms with E-state index < -0.39 is 6.04 Å². The number of nitrogens with zero attached hydrogens (tertiary/aromatic N) is 1. The van der Waals surface area contributed by atoms with Crippen LogP contribution in [0.1, 0.15) is 41.2 Å². The third-order valence-electron chi connectivity index (χ3n) is 6.26. The van der Waals surface area contributed by atoms with Crippen molar-refractivity contribution in [2.24, 2.45) is 0 Å². The van der Waals surface area contributed by atoms with Gasteiger partial charge in [-0.15, -0.1) is 0 Å². The number of ether oxygens (including phenoxy) is 1. The van der Waals surface area contributed by atoms with Crippen LogP contribution in [0.25, 0.3) is 0 Å². The normalized spacial score (nSPS) is 11.5. The van der Waals surface area contributed by atoms with Gasteiger partial charge in [-0.1, -0.05) is 67.6 Å². The molecule has 2 amide bonds. The summed E-state index contributed by atoms with van der Waals surface area (Å²) in [6, 6.07) is 22.9. The highest BCUT2D eigenvalue weighted by molar-refractivity contribution is 5.88. The van der Waals surface area contributed by atoms with Crippen molar-refractivity contribution in [1.29, 1.82) is 0 Å². The van der Waals surface area contributed by atoms with E-state index in [1.54, 1.807) is 4.90 Å². The Bertz CT molecular complexity index is 1130. The van der Waals surface area contributed by atoms with E-state index >= 15 is 0 Å². The van der Waals surface area contributed by atoms with Crippen molar-refractivity contribution in [2.75, 3.05) is 13.2 Å². The molecule has 0 aromatic heterocycles. The Balaban J connectivity index is 1.90. The van der Waals surface area contributed by atoms with Crippen molar-refractivity contribution in [3.8, 4) is 5.75 Å². The zero-order chi connectivity index (χ0) is 25.2. The molecule has 0 aliphatic rings. The first-order valence-electron chi connectivity index (χ1n) is 12.2. The molecule has 0 aliphatic carbocycles. The fraction of sp³-hybridized carbons (Fsp3) is 0.333. The van der Waals surface area contributed by atoms with Crippen molar-refractivity contribution in [2.45, 2.75) is 53.1 Å². The van der Waals surface area contributed by atoms with Crippen LogP contribution in [-0.4, -0.2) is 35.9 Å². The lowest BCUT2D eigenvalue weighted by molar-refractivity contribution is -0.142. The number of nitrogens with one attached hydrogen (secondary N) is 1. The fourth-order valence-electron chi connectivity index (χ4n) is 3.92. The molecule has 5 heteroatoms. The molecule has 3 aromatic rings. The van der Waals surface area contributed by atoms with Crippen molar-refractivity contribution in [3.63, 3.8) is 0 Å². The molecule has 0 saturated carbocycles. The predicted molar refractivity (Wildman–Crippen MR) is 140 cm³/mol. The third kappa shape index (κ3) is 7.44. The largest absolute Gasteiger partial charge is 0.484 e. The van der Waals surface area contributed by atoms with E-state index in [0.717, 1.165) is 28.7 Å². The maximum Gasteiger partial charge on any atom is 0.261 e. The van der Waals surface area contributed by atoms with Gasteiger partial charge in [0, 0.05) is 19.5 Å². The van der Waals surface area contributed by atoms with Crippen LogP contribution in [0.3, 0.4) is 0 Å². The average Bonchev–Trinajstić information content (AvgIpc) is 2.86. The molecule has 0 fully saturated rings. The van der Waals surface area contributed by atoms with Gasteiger partial charge in [0.1, 0.15) is 11.8 Å². The first-order valence-corrected chi connectivity index (χ1v) is 12.2. The Morgan fingerprint density at radius 3 is 2.29 bits per heavy atom. The predicted octanol–water partition coefficient (Wildman–Crippen LogP) is 5.16. The van der Waals surface area contributed by atoms with Gasteiger partial charge in [-0.05, 0) is 67.1 Å². The maximum atomic E-state index is 13.6. The summed E-state index contributed by atoms with van der Waals surface area (Å²) in [5.41, 5.74) is 5.36. The van der Waals surface area contributed by atoms with Gasteiger partial charge < -0.3 is 15.0 Å². The zero-order valence-electron chi connectivity index (χ0n) is 21.2. The molecule has 0 aliphatic heterocycles. The average molecular weight is 473 g/mol. The molecular formula is C30H36N2O3. The lowest BCUT2D eigenvalue weighted by Gasteiger charge is -2.32. The second-order valence-corrected chi connectivity index (χ2v) is 8.98. The maximum absolute atomic E-state index is 13.6. The van der Waals surface area contributed by atoms with Gasteiger partial charge in [-0.3, -0.25) is 9.59 Å². The number of aryl methyl sites for hydroxylation is 3. The Morgan fingerprint density at radius 2 is 1.60 bits per heavy atom. The summed E-state index contributed by atoms with van der Waals surface area (Å²) < 4.78 is 5.89. The highest BCUT2D eigenvalue weighted by Crippen LogP contribution is 2.19. The number of rotatable bonds is 11. The molecule has 1 N–H and O–H groups in total. The summed E-state index contributed by atoms with van der Waals surface area (Å²) in [6.07, 6.45) is 1.25. The van der Waals surface area contributed by atoms with Gasteiger partial charge in [0.25, 0.3) is 5.91 Å². The Hall–Kier alpha value is -3.60. The molecule has 3 aromatic carbocycles. The van der Waals surface area contributed by atoms with E-state index in [0.29, 0.717) is 25.3 Å². The molecule has 35 heavy (non-hydrogen) atoms. The van der Waals surface area contributed by atoms with Gasteiger partial charge in [0.15, 0.2) is 6.61 Å². The monoisotopic (exact) mass is 472 g/mol. The molecule has 0 radical (unpaired) electrons. The third-order valence-corrected chi connectivity index (χ3v) is 6.26. The van der Waals surface area contributed by atoms with Gasteiger partial charge in [0.05, 0.1) is 0 Å². The SMILES string of the molecule is CCCNC(=O)C(Cc1ccccc1)N(Cc1ccccc1C)C(=O)COc1ccc(C)c(C)c1. The van der Waals surface area contributed by atoms with Gasteiger partial charge in [-0.25, -0.2) is 0 Å². The number of amides is 2. The van der Waals surface area contributed by atoms with Gasteiger partial charge >= 0.3 is 0 Å². The van der Waals surface area contributed by atoms with Crippen LogP contribution in [0.4, 0.5) is 0 Å². The molecule has 184 valence electrons. The van der Waals surface area contributed by atoms with E-state index in [1.807, 2.05) is 100 Å². The number of hydrogen-bond donors (Lipinski definition) is 1. The summed E-state index contributed by atoms with van der Waals surface area (Å²) in [5.74, 6) is 0.273. The Labute approximate surface area is 209 Å². The number of carbonyl (C=O) groups is 2. The van der Waals surface area contributed by atoms with Crippen molar-refractivity contribution in [3.05, 3.63) is 101 Å². The van der Waals surface area contributed by atoms with Crippen LogP contribution in [0.2, 0.25) is 0 Å². The molecule has 0 heterocycles. The lowest BCUT2D eigenvalue weighted by atomic mass is 10.0. The second-order valence-electron chi connectivity index (χ2n) is 8.98. The molecule has 5 nitrogen and oxygen atoms in total. The Kier molecular flexibility index (Phi) is 9.47. The summed E-state index contributed by atoms with van der Waals surface area (Å²) in [6.45, 7) is 8.85. The minimum absolute atomic E-state index is 0.138. The van der Waals surface area contributed by atoms with E-state index in [-0.39, 0.29) is 18.4 Å². The molecule has 3 rings (SSSR count). The molecular weight excluding hydrogens is 436 g/mol. The van der Waals surface area contributed by atoms with E-state index in [9.17, 15) is 9.59 Å². The highest BCUT2D eigenvalue weighted by atomic mass is 16.5. The topological polar surface area (TPSA) is 58.6 Å². The molecule has 0 bridgehead atoms. The van der Waals surface area contributed by atoms with Crippen LogP contribution in [-0.2, 0) is 22.6 Å². The Morgan fingerprint density at radius 1 is 0.886 bits per heavy atom. The van der Waals surface area contributed by atoms with E-state index in [2.05, 4.69) is 5.32 Å². The van der Waals surface area contributed by atoms with Crippen molar-refractivity contribution < 1.29 is 14.3 Å². The first kappa shape index (κ1) is 26.0. The van der Waals surface area contributed by atoms with Gasteiger partial charge in [0.2, 0.25) is 5.91 Å². The summed E-state index contributed by atoms with van der Waals surface area (Å²) in [7, 11) is 0. The van der Waals surface area contributed by atoms with Crippen LogP contribution in [0, 0.1) is 20.8 Å². The van der Waals surface area contributed by atoms with Crippen molar-refractivity contribution in [1.82, 2.24) is 10.2 Å². The summed E-state index contributed by atoms with van der Waals surface area (Å²) >= 11 is 0. The van der Waals surface area contributed by atoms with Crippen molar-refractivity contribution >= 4 is 11.8 Å². The number of hydrogen-bond acceptors (Lipinski definition) is 3. The van der Waals surface area contributed by atoms with Crippen LogP contribution < -0.4 is 10.1 Å². The molecule has 0 saturated heterocycles. The minimum atomic E-state index is -0.653. The van der Waals surface area contributed by atoms with E-state index in [4.69, 9.17) is 4.74 Å². The highest BCUT2D eigenvalue weighted by Gasteiger charge is 2.30. The minimum Gasteiger partial charge on any atom is -0.484 e. The zero-order valence-corrected chi connectivity index (χ0v) is 21.2. The quantitative estimate of drug-likeness (QED) is 0.420. The standard InChI is InChI=1S/C30H36N2O3/c1-5-17-31-30(34)28(19-25-12-7-6-8-13-25)32(20-26-14-10-9-11-23(26)3)29(33)21-35-27-16-15-22(2)24(4)18-27/h6-16,18,28H,5,17,19-21H2,1-4H3,(H,31,34). The van der Waals surface area contributed by atoms with E-state index in [1.165, 1.54) is 5.56 Å². The summed E-state index contributed by atoms with van der Waals surface area (Å²) in [5, 5.41) is 3.00. The number of benzene rings is 3. The fourth-order valence-corrected chi connectivity index (χ4v) is 3.92. The van der Waals surface area contributed by atoms with Crippen LogP contribution >= 0.6 is 0 Å². The number of carbonyl (C=O) groups excluding carboxylic acids is 2. The summed E-state index contributed by atoms with van der Waals surface area (Å²) in [4.78, 5) is 28.6. The first-order chi connectivity index (χ1) is 16.9. The lowest BCUT2D eigenvalue weighted by Crippen LogP contribution is -2.51. The van der Waals surface area contributed by atoms with Crippen LogP contribution in [0.5, 0.6) is 5.75 Å².